The van der Waals surface area contributed by atoms with Crippen LogP contribution in [0.25, 0.3) is 0 Å². The van der Waals surface area contributed by atoms with Gasteiger partial charge in [-0.15, -0.1) is 0 Å². The van der Waals surface area contributed by atoms with Crippen LogP contribution in [0.5, 0.6) is 5.75 Å². The standard InChI is InChI=1S/C16H23ClN2O5S/c1-3-23-16(20)11-25(21,22)18-12-4-5-15(14(17)10-12)24-13-6-8-19(2)9-7-13/h4-5,10,13,18H,3,6-9,11H2,1-2H3. The number of rotatable bonds is 7. The summed E-state index contributed by atoms with van der Waals surface area (Å²) in [4.78, 5) is 13.6. The van der Waals surface area contributed by atoms with Crippen LogP contribution in [0.1, 0.15) is 19.8 Å². The maximum absolute atomic E-state index is 11.9. The number of hydrogen-bond donors (Lipinski definition) is 1. The van der Waals surface area contributed by atoms with E-state index in [1.165, 1.54) is 6.07 Å². The first-order chi connectivity index (χ1) is 11.8. The third-order valence-electron chi connectivity index (χ3n) is 3.78. The first kappa shape index (κ1) is 19.8. The fourth-order valence-electron chi connectivity index (χ4n) is 2.52. The van der Waals surface area contributed by atoms with E-state index in [-0.39, 0.29) is 18.4 Å². The molecular weight excluding hydrogens is 368 g/mol. The van der Waals surface area contributed by atoms with E-state index >= 15 is 0 Å². The predicted molar refractivity (Wildman–Crippen MR) is 96.6 cm³/mol. The second-order valence-corrected chi connectivity index (χ2v) is 8.06. The van der Waals surface area contributed by atoms with Crippen LogP contribution in [0.4, 0.5) is 5.69 Å². The van der Waals surface area contributed by atoms with Gasteiger partial charge >= 0.3 is 5.97 Å². The Hall–Kier alpha value is -1.51. The quantitative estimate of drug-likeness (QED) is 0.718. The number of piperidine rings is 1. The predicted octanol–water partition coefficient (Wildman–Crippen LogP) is 2.12. The molecule has 2 rings (SSSR count). The van der Waals surface area contributed by atoms with Crippen LogP contribution in [0.2, 0.25) is 5.02 Å². The van der Waals surface area contributed by atoms with Crippen LogP contribution >= 0.6 is 11.6 Å². The number of anilines is 1. The molecular formula is C16H23ClN2O5S. The molecule has 1 heterocycles. The van der Waals surface area contributed by atoms with Crippen LogP contribution in [0.3, 0.4) is 0 Å². The van der Waals surface area contributed by atoms with E-state index in [1.807, 2.05) is 0 Å². The Morgan fingerprint density at radius 3 is 2.64 bits per heavy atom. The van der Waals surface area contributed by atoms with Crippen molar-refractivity contribution in [3.05, 3.63) is 23.2 Å². The molecule has 0 saturated carbocycles. The number of carbonyl (C=O) groups excluding carboxylic acids is 1. The molecule has 1 saturated heterocycles. The number of nitrogens with zero attached hydrogens (tertiary/aromatic N) is 1. The topological polar surface area (TPSA) is 84.9 Å². The highest BCUT2D eigenvalue weighted by Crippen LogP contribution is 2.30. The number of halogens is 1. The molecule has 25 heavy (non-hydrogen) atoms. The Kier molecular flexibility index (Phi) is 6.92. The monoisotopic (exact) mass is 390 g/mol. The maximum Gasteiger partial charge on any atom is 0.323 e. The SMILES string of the molecule is CCOC(=O)CS(=O)(=O)Nc1ccc(OC2CCN(C)CC2)c(Cl)c1. The Morgan fingerprint density at radius 2 is 2.04 bits per heavy atom. The molecule has 0 amide bonds. The molecule has 1 aromatic rings. The lowest BCUT2D eigenvalue weighted by atomic mass is 10.1. The van der Waals surface area contributed by atoms with Crippen molar-refractivity contribution in [1.82, 2.24) is 4.90 Å². The maximum atomic E-state index is 11.9. The minimum Gasteiger partial charge on any atom is -0.489 e. The van der Waals surface area contributed by atoms with Crippen molar-refractivity contribution in [2.75, 3.05) is 37.2 Å². The summed E-state index contributed by atoms with van der Waals surface area (Å²) in [5, 5.41) is 0.315. The van der Waals surface area contributed by atoms with Gasteiger partial charge in [-0.2, -0.15) is 0 Å². The lowest BCUT2D eigenvalue weighted by molar-refractivity contribution is -0.139. The second kappa shape index (κ2) is 8.73. The average Bonchev–Trinajstić information content (AvgIpc) is 2.51. The third-order valence-corrected chi connectivity index (χ3v) is 5.24. The van der Waals surface area contributed by atoms with Crippen LogP contribution in [0.15, 0.2) is 18.2 Å². The zero-order valence-electron chi connectivity index (χ0n) is 14.3. The minimum atomic E-state index is -3.85. The molecule has 0 aromatic heterocycles. The smallest absolute Gasteiger partial charge is 0.323 e. The molecule has 1 N–H and O–H groups in total. The van der Waals surface area contributed by atoms with Gasteiger partial charge in [0.25, 0.3) is 0 Å². The van der Waals surface area contributed by atoms with Gasteiger partial charge in [0.05, 0.1) is 17.3 Å². The van der Waals surface area contributed by atoms with Crippen LogP contribution in [-0.2, 0) is 19.6 Å². The summed E-state index contributed by atoms with van der Waals surface area (Å²) >= 11 is 6.20. The lowest BCUT2D eigenvalue weighted by Gasteiger charge is -2.29. The zero-order valence-corrected chi connectivity index (χ0v) is 15.9. The number of carbonyl (C=O) groups is 1. The molecule has 0 spiro atoms. The summed E-state index contributed by atoms with van der Waals surface area (Å²) in [7, 11) is -1.78. The first-order valence-corrected chi connectivity index (χ1v) is 10.1. The molecule has 0 atom stereocenters. The van der Waals surface area contributed by atoms with Gasteiger partial charge in [0.2, 0.25) is 10.0 Å². The Labute approximate surface area is 153 Å². The number of benzene rings is 1. The van der Waals surface area contributed by atoms with Gasteiger partial charge in [0.1, 0.15) is 11.9 Å². The molecule has 1 aromatic carbocycles. The van der Waals surface area contributed by atoms with E-state index in [2.05, 4.69) is 21.4 Å². The van der Waals surface area contributed by atoms with Crippen molar-refractivity contribution in [2.24, 2.45) is 0 Å². The van der Waals surface area contributed by atoms with Crippen molar-refractivity contribution in [3.63, 3.8) is 0 Å². The molecule has 0 radical (unpaired) electrons. The molecule has 1 aliphatic heterocycles. The van der Waals surface area contributed by atoms with Gasteiger partial charge in [0, 0.05) is 13.1 Å². The number of hydrogen-bond acceptors (Lipinski definition) is 6. The summed E-state index contributed by atoms with van der Waals surface area (Å²) in [5.74, 6) is -1.03. The molecule has 140 valence electrons. The number of likely N-dealkylation sites (tertiary alicyclic amines) is 1. The van der Waals surface area contributed by atoms with Gasteiger partial charge in [-0.1, -0.05) is 11.6 Å². The fourth-order valence-corrected chi connectivity index (χ4v) is 3.69. The Balaban J connectivity index is 1.98. The van der Waals surface area contributed by atoms with E-state index < -0.39 is 21.7 Å². The zero-order chi connectivity index (χ0) is 18.4. The van der Waals surface area contributed by atoms with E-state index in [0.29, 0.717) is 10.8 Å². The molecule has 0 bridgehead atoms. The molecule has 0 unspecified atom stereocenters. The summed E-state index contributed by atoms with van der Waals surface area (Å²) in [6, 6.07) is 4.65. The third kappa shape index (κ3) is 6.37. The van der Waals surface area contributed by atoms with E-state index in [0.717, 1.165) is 25.9 Å². The molecule has 7 nitrogen and oxygen atoms in total. The lowest BCUT2D eigenvalue weighted by Crippen LogP contribution is -2.35. The number of ether oxygens (including phenoxy) is 2. The Bertz CT molecular complexity index is 702. The molecule has 1 fully saturated rings. The normalized spacial score (nSPS) is 16.4. The van der Waals surface area contributed by atoms with Gasteiger partial charge in [-0.05, 0) is 45.0 Å². The van der Waals surface area contributed by atoms with E-state index in [4.69, 9.17) is 16.3 Å². The summed E-state index contributed by atoms with van der Waals surface area (Å²) in [5.41, 5.74) is 0.269. The molecule has 1 aliphatic rings. The first-order valence-electron chi connectivity index (χ1n) is 8.10. The van der Waals surface area contributed by atoms with Gasteiger partial charge in [-0.3, -0.25) is 9.52 Å². The number of sulfonamides is 1. The van der Waals surface area contributed by atoms with E-state index in [1.54, 1.807) is 19.1 Å². The van der Waals surface area contributed by atoms with Crippen LogP contribution in [0, 0.1) is 0 Å². The highest BCUT2D eigenvalue weighted by Gasteiger charge is 2.20. The Morgan fingerprint density at radius 1 is 1.36 bits per heavy atom. The minimum absolute atomic E-state index is 0.0973. The second-order valence-electron chi connectivity index (χ2n) is 5.93. The van der Waals surface area contributed by atoms with Gasteiger partial charge < -0.3 is 14.4 Å². The highest BCUT2D eigenvalue weighted by atomic mass is 35.5. The van der Waals surface area contributed by atoms with Crippen LogP contribution < -0.4 is 9.46 Å². The summed E-state index contributed by atoms with van der Waals surface area (Å²) in [6.07, 6.45) is 1.93. The largest absolute Gasteiger partial charge is 0.489 e. The fraction of sp³-hybridized carbons (Fsp3) is 0.562. The summed E-state index contributed by atoms with van der Waals surface area (Å²) < 4.78 is 36.7. The van der Waals surface area contributed by atoms with Crippen molar-refractivity contribution in [1.29, 1.82) is 0 Å². The van der Waals surface area contributed by atoms with Gasteiger partial charge in [0.15, 0.2) is 5.75 Å². The number of nitrogens with one attached hydrogen (secondary N) is 1. The summed E-state index contributed by atoms with van der Waals surface area (Å²) in [6.45, 7) is 3.67. The highest BCUT2D eigenvalue weighted by molar-refractivity contribution is 7.93. The van der Waals surface area contributed by atoms with Crippen molar-refractivity contribution in [2.45, 2.75) is 25.9 Å². The van der Waals surface area contributed by atoms with Crippen molar-refractivity contribution < 1.29 is 22.7 Å². The average molecular weight is 391 g/mol. The van der Waals surface area contributed by atoms with Crippen LogP contribution in [-0.4, -0.2) is 57.9 Å². The number of esters is 1. The molecule has 0 aliphatic carbocycles. The van der Waals surface area contributed by atoms with Crippen molar-refractivity contribution in [3.8, 4) is 5.75 Å². The van der Waals surface area contributed by atoms with E-state index in [9.17, 15) is 13.2 Å². The van der Waals surface area contributed by atoms with Crippen molar-refractivity contribution >= 4 is 33.3 Å². The molecule has 9 heteroatoms. The van der Waals surface area contributed by atoms with Gasteiger partial charge in [-0.25, -0.2) is 8.42 Å².